The maximum Gasteiger partial charge on any atom is 0.0857 e. The van der Waals surface area contributed by atoms with E-state index in [1.54, 1.807) is 0 Å². The van der Waals surface area contributed by atoms with Gasteiger partial charge in [0.1, 0.15) is 0 Å². The minimum absolute atomic E-state index is 0.990. The molecule has 1 aromatic heterocycles. The fourth-order valence-electron chi connectivity index (χ4n) is 1.71. The van der Waals surface area contributed by atoms with E-state index < -0.39 is 0 Å². The molecule has 0 saturated heterocycles. The number of halogens is 1. The summed E-state index contributed by atoms with van der Waals surface area (Å²) in [6.45, 7) is 6.99. The topological polar surface area (TPSA) is 4.93 Å². The molecule has 0 aliphatic heterocycles. The zero-order chi connectivity index (χ0) is 10.8. The van der Waals surface area contributed by atoms with E-state index in [1.807, 2.05) is 0 Å². The van der Waals surface area contributed by atoms with E-state index >= 15 is 0 Å². The number of fused-ring (bicyclic) bond motifs is 1. The molecule has 0 spiro atoms. The van der Waals surface area contributed by atoms with E-state index in [1.165, 1.54) is 16.5 Å². The number of allylic oxidation sites excluding steroid dienone is 1. The highest BCUT2D eigenvalue weighted by Gasteiger charge is 2.04. The van der Waals surface area contributed by atoms with Crippen molar-refractivity contribution in [2.75, 3.05) is 0 Å². The zero-order valence-electron chi connectivity index (χ0n) is 8.83. The second-order valence-corrected chi connectivity index (χ2v) is 4.70. The molecular formula is C13H14BrN. The van der Waals surface area contributed by atoms with Crippen LogP contribution in [0.15, 0.2) is 47.1 Å². The first-order valence-corrected chi connectivity index (χ1v) is 5.86. The second-order valence-electron chi connectivity index (χ2n) is 3.88. The molecule has 2 heteroatoms. The quantitative estimate of drug-likeness (QED) is 0.725. The minimum atomic E-state index is 0.990. The van der Waals surface area contributed by atoms with Gasteiger partial charge in [0.2, 0.25) is 0 Å². The maximum atomic E-state index is 3.94. The number of nitrogens with zero attached hydrogens (tertiary/aromatic N) is 1. The van der Waals surface area contributed by atoms with E-state index in [2.05, 4.69) is 64.3 Å². The Morgan fingerprint density at radius 3 is 2.87 bits per heavy atom. The normalized spacial score (nSPS) is 10.8. The van der Waals surface area contributed by atoms with Gasteiger partial charge < -0.3 is 4.57 Å². The van der Waals surface area contributed by atoms with Crippen LogP contribution in [0.2, 0.25) is 0 Å². The Morgan fingerprint density at radius 2 is 2.13 bits per heavy atom. The number of hydrogen-bond donors (Lipinski definition) is 0. The molecule has 15 heavy (non-hydrogen) atoms. The van der Waals surface area contributed by atoms with Crippen LogP contribution in [0, 0.1) is 0 Å². The highest BCUT2D eigenvalue weighted by atomic mass is 79.9. The monoisotopic (exact) mass is 263 g/mol. The molecule has 0 aliphatic rings. The van der Waals surface area contributed by atoms with E-state index in [0.29, 0.717) is 0 Å². The average Bonchev–Trinajstić information content (AvgIpc) is 2.50. The minimum Gasteiger partial charge on any atom is -0.335 e. The van der Waals surface area contributed by atoms with Crippen molar-refractivity contribution in [3.8, 4) is 0 Å². The summed E-state index contributed by atoms with van der Waals surface area (Å²) in [5, 5.41) is 1.28. The van der Waals surface area contributed by atoms with Crippen LogP contribution in [0.25, 0.3) is 10.9 Å². The van der Waals surface area contributed by atoms with Crippen molar-refractivity contribution in [1.29, 1.82) is 0 Å². The van der Waals surface area contributed by atoms with Gasteiger partial charge in [-0.1, -0.05) is 23.8 Å². The number of aromatic nitrogens is 1. The Hall–Kier alpha value is -1.02. The van der Waals surface area contributed by atoms with Gasteiger partial charge in [0.15, 0.2) is 0 Å². The third kappa shape index (κ3) is 2.15. The van der Waals surface area contributed by atoms with Crippen LogP contribution < -0.4 is 0 Å². The molecule has 0 atom stereocenters. The molecule has 0 saturated carbocycles. The molecule has 1 nitrogen and oxygen atoms in total. The predicted octanol–water partition coefficient (Wildman–Crippen LogP) is 4.37. The smallest absolute Gasteiger partial charge is 0.0857 e. The van der Waals surface area contributed by atoms with Gasteiger partial charge in [0, 0.05) is 17.4 Å². The SMILES string of the molecule is C=C(C)CCn1c(Br)cc2ccccc21. The van der Waals surface area contributed by atoms with Crippen LogP contribution in [0.3, 0.4) is 0 Å². The lowest BCUT2D eigenvalue weighted by Gasteiger charge is -2.06. The highest BCUT2D eigenvalue weighted by molar-refractivity contribution is 9.10. The van der Waals surface area contributed by atoms with Crippen LogP contribution in [0.4, 0.5) is 0 Å². The van der Waals surface area contributed by atoms with Crippen molar-refractivity contribution in [2.45, 2.75) is 19.9 Å². The Kier molecular flexibility index (Phi) is 2.96. The van der Waals surface area contributed by atoms with Gasteiger partial charge in [-0.05, 0) is 41.4 Å². The molecular weight excluding hydrogens is 250 g/mol. The van der Waals surface area contributed by atoms with Gasteiger partial charge in [-0.2, -0.15) is 0 Å². The van der Waals surface area contributed by atoms with Gasteiger partial charge in [-0.3, -0.25) is 0 Å². The van der Waals surface area contributed by atoms with Crippen LogP contribution >= 0.6 is 15.9 Å². The van der Waals surface area contributed by atoms with Gasteiger partial charge in [0.05, 0.1) is 4.60 Å². The Balaban J connectivity index is 2.40. The molecule has 0 N–H and O–H groups in total. The van der Waals surface area contributed by atoms with Crippen LogP contribution in [-0.2, 0) is 6.54 Å². The molecule has 1 aromatic carbocycles. The number of benzene rings is 1. The van der Waals surface area contributed by atoms with Gasteiger partial charge in [-0.15, -0.1) is 6.58 Å². The molecule has 2 rings (SSSR count). The van der Waals surface area contributed by atoms with Crippen molar-refractivity contribution in [3.63, 3.8) is 0 Å². The largest absolute Gasteiger partial charge is 0.335 e. The van der Waals surface area contributed by atoms with Crippen molar-refractivity contribution < 1.29 is 0 Å². The van der Waals surface area contributed by atoms with Crippen LogP contribution in [-0.4, -0.2) is 4.57 Å². The fourth-order valence-corrected chi connectivity index (χ4v) is 2.32. The third-order valence-electron chi connectivity index (χ3n) is 2.52. The first-order valence-electron chi connectivity index (χ1n) is 5.06. The van der Waals surface area contributed by atoms with Crippen molar-refractivity contribution >= 4 is 26.8 Å². The standard InChI is InChI=1S/C13H14BrN/c1-10(2)7-8-15-12-6-4-3-5-11(12)9-13(15)14/h3-6,9H,1,7-8H2,2H3. The van der Waals surface area contributed by atoms with Gasteiger partial charge in [-0.25, -0.2) is 0 Å². The fraction of sp³-hybridized carbons (Fsp3) is 0.231. The number of para-hydroxylation sites is 1. The summed E-state index contributed by atoms with van der Waals surface area (Å²) in [5.41, 5.74) is 2.50. The lowest BCUT2D eigenvalue weighted by atomic mass is 10.2. The lowest BCUT2D eigenvalue weighted by Crippen LogP contribution is -1.97. The predicted molar refractivity (Wildman–Crippen MR) is 69.1 cm³/mol. The summed E-state index contributed by atoms with van der Waals surface area (Å²) in [5.74, 6) is 0. The first kappa shape index (κ1) is 10.5. The molecule has 78 valence electrons. The Bertz CT molecular complexity index is 496. The molecule has 2 aromatic rings. The number of hydrogen-bond acceptors (Lipinski definition) is 0. The number of rotatable bonds is 3. The van der Waals surface area contributed by atoms with Crippen molar-refractivity contribution in [3.05, 3.63) is 47.1 Å². The van der Waals surface area contributed by atoms with Crippen LogP contribution in [0.1, 0.15) is 13.3 Å². The van der Waals surface area contributed by atoms with Crippen molar-refractivity contribution in [1.82, 2.24) is 4.57 Å². The van der Waals surface area contributed by atoms with E-state index in [9.17, 15) is 0 Å². The molecule has 1 heterocycles. The molecule has 0 radical (unpaired) electrons. The van der Waals surface area contributed by atoms with Crippen LogP contribution in [0.5, 0.6) is 0 Å². The van der Waals surface area contributed by atoms with E-state index in [-0.39, 0.29) is 0 Å². The maximum absolute atomic E-state index is 3.94. The number of aryl methyl sites for hydroxylation is 1. The van der Waals surface area contributed by atoms with Crippen molar-refractivity contribution in [2.24, 2.45) is 0 Å². The lowest BCUT2D eigenvalue weighted by molar-refractivity contribution is 0.706. The average molecular weight is 264 g/mol. The second kappa shape index (κ2) is 4.23. The molecule has 0 aliphatic carbocycles. The summed E-state index contributed by atoms with van der Waals surface area (Å²) in [6, 6.07) is 10.6. The summed E-state index contributed by atoms with van der Waals surface area (Å²) < 4.78 is 3.43. The van der Waals surface area contributed by atoms with E-state index in [0.717, 1.165) is 17.6 Å². The van der Waals surface area contributed by atoms with Gasteiger partial charge in [0.25, 0.3) is 0 Å². The Morgan fingerprint density at radius 1 is 1.40 bits per heavy atom. The molecule has 0 fully saturated rings. The molecule has 0 unspecified atom stereocenters. The highest BCUT2D eigenvalue weighted by Crippen LogP contribution is 2.24. The summed E-state index contributed by atoms with van der Waals surface area (Å²) in [6.07, 6.45) is 1.03. The first-order chi connectivity index (χ1) is 7.18. The summed E-state index contributed by atoms with van der Waals surface area (Å²) >= 11 is 3.59. The summed E-state index contributed by atoms with van der Waals surface area (Å²) in [4.78, 5) is 0. The van der Waals surface area contributed by atoms with Gasteiger partial charge >= 0.3 is 0 Å². The third-order valence-corrected chi connectivity index (χ3v) is 3.18. The zero-order valence-corrected chi connectivity index (χ0v) is 10.4. The molecule has 0 bridgehead atoms. The molecule has 0 amide bonds. The van der Waals surface area contributed by atoms with E-state index in [4.69, 9.17) is 0 Å². The Labute approximate surface area is 98.5 Å². The summed E-state index contributed by atoms with van der Waals surface area (Å²) in [7, 11) is 0.